The SMILES string of the molecule is CCOCCOCC(=O)c1cc(Cl)sc1Cl. The molecule has 0 radical (unpaired) electrons. The van der Waals surface area contributed by atoms with Crippen LogP contribution in [0.4, 0.5) is 0 Å². The van der Waals surface area contributed by atoms with Gasteiger partial charge < -0.3 is 9.47 Å². The second-order valence-corrected chi connectivity index (χ2v) is 5.20. The first kappa shape index (κ1) is 13.9. The summed E-state index contributed by atoms with van der Waals surface area (Å²) < 4.78 is 11.1. The molecule has 1 aromatic rings. The van der Waals surface area contributed by atoms with Gasteiger partial charge in [-0.15, -0.1) is 11.3 Å². The van der Waals surface area contributed by atoms with Crippen molar-refractivity contribution in [2.24, 2.45) is 0 Å². The van der Waals surface area contributed by atoms with Crippen LogP contribution >= 0.6 is 34.5 Å². The summed E-state index contributed by atoms with van der Waals surface area (Å²) in [6, 6.07) is 1.56. The fourth-order valence-corrected chi connectivity index (χ4v) is 2.53. The molecule has 90 valence electrons. The molecule has 0 amide bonds. The summed E-state index contributed by atoms with van der Waals surface area (Å²) in [7, 11) is 0. The maximum absolute atomic E-state index is 11.6. The Hall–Kier alpha value is -0.130. The Kier molecular flexibility index (Phi) is 6.31. The highest BCUT2D eigenvalue weighted by atomic mass is 35.5. The van der Waals surface area contributed by atoms with Crippen molar-refractivity contribution in [3.8, 4) is 0 Å². The second kappa shape index (κ2) is 7.25. The van der Waals surface area contributed by atoms with Crippen LogP contribution < -0.4 is 0 Å². The molecule has 0 atom stereocenters. The molecule has 0 spiro atoms. The molecule has 0 aliphatic rings. The smallest absolute Gasteiger partial charge is 0.190 e. The third-order valence-electron chi connectivity index (χ3n) is 1.77. The topological polar surface area (TPSA) is 35.5 Å². The van der Waals surface area contributed by atoms with Gasteiger partial charge in [0.05, 0.1) is 23.1 Å². The molecule has 6 heteroatoms. The van der Waals surface area contributed by atoms with Crippen molar-refractivity contribution in [3.05, 3.63) is 20.3 Å². The van der Waals surface area contributed by atoms with Crippen LogP contribution in [-0.4, -0.2) is 32.2 Å². The van der Waals surface area contributed by atoms with E-state index in [0.717, 1.165) is 0 Å². The highest BCUT2D eigenvalue weighted by Crippen LogP contribution is 2.31. The normalized spacial score (nSPS) is 10.7. The number of hydrogen-bond donors (Lipinski definition) is 0. The maximum Gasteiger partial charge on any atom is 0.190 e. The summed E-state index contributed by atoms with van der Waals surface area (Å²) in [4.78, 5) is 11.6. The van der Waals surface area contributed by atoms with Gasteiger partial charge in [-0.1, -0.05) is 23.2 Å². The third-order valence-corrected chi connectivity index (χ3v) is 3.25. The van der Waals surface area contributed by atoms with Crippen molar-refractivity contribution in [1.29, 1.82) is 0 Å². The summed E-state index contributed by atoms with van der Waals surface area (Å²) in [6.45, 7) is 3.43. The minimum absolute atomic E-state index is 0.000142. The molecule has 0 fully saturated rings. The van der Waals surface area contributed by atoms with Crippen LogP contribution in [0.15, 0.2) is 6.07 Å². The Morgan fingerprint density at radius 1 is 1.38 bits per heavy atom. The largest absolute Gasteiger partial charge is 0.379 e. The van der Waals surface area contributed by atoms with E-state index in [-0.39, 0.29) is 12.4 Å². The van der Waals surface area contributed by atoms with Gasteiger partial charge in [-0.25, -0.2) is 0 Å². The quantitative estimate of drug-likeness (QED) is 0.569. The highest BCUT2D eigenvalue weighted by Gasteiger charge is 2.13. The van der Waals surface area contributed by atoms with Crippen molar-refractivity contribution in [1.82, 2.24) is 0 Å². The van der Waals surface area contributed by atoms with E-state index in [4.69, 9.17) is 32.7 Å². The molecular weight excluding hydrogens is 271 g/mol. The van der Waals surface area contributed by atoms with Gasteiger partial charge in [0, 0.05) is 6.61 Å². The minimum atomic E-state index is -0.162. The van der Waals surface area contributed by atoms with Gasteiger partial charge in [0.15, 0.2) is 5.78 Å². The van der Waals surface area contributed by atoms with Crippen LogP contribution in [0.3, 0.4) is 0 Å². The molecule has 1 rings (SSSR count). The van der Waals surface area contributed by atoms with Crippen molar-refractivity contribution in [2.75, 3.05) is 26.4 Å². The van der Waals surface area contributed by atoms with E-state index >= 15 is 0 Å². The van der Waals surface area contributed by atoms with Gasteiger partial charge in [0.1, 0.15) is 10.9 Å². The van der Waals surface area contributed by atoms with Gasteiger partial charge in [0.25, 0.3) is 0 Å². The first-order valence-electron chi connectivity index (χ1n) is 4.78. The molecule has 0 bridgehead atoms. The van der Waals surface area contributed by atoms with E-state index in [2.05, 4.69) is 0 Å². The zero-order valence-corrected chi connectivity index (χ0v) is 11.1. The average molecular weight is 283 g/mol. The Morgan fingerprint density at radius 2 is 2.06 bits per heavy atom. The molecule has 1 aromatic heterocycles. The van der Waals surface area contributed by atoms with Crippen molar-refractivity contribution >= 4 is 40.3 Å². The van der Waals surface area contributed by atoms with E-state index < -0.39 is 0 Å². The molecule has 0 saturated carbocycles. The monoisotopic (exact) mass is 282 g/mol. The number of halogens is 2. The molecule has 0 aromatic carbocycles. The van der Waals surface area contributed by atoms with Gasteiger partial charge in [-0.3, -0.25) is 4.79 Å². The minimum Gasteiger partial charge on any atom is -0.379 e. The van der Waals surface area contributed by atoms with Gasteiger partial charge >= 0.3 is 0 Å². The third kappa shape index (κ3) is 4.39. The maximum atomic E-state index is 11.6. The van der Waals surface area contributed by atoms with Gasteiger partial charge in [-0.2, -0.15) is 0 Å². The Bertz CT molecular complexity index is 352. The van der Waals surface area contributed by atoms with Crippen molar-refractivity contribution in [2.45, 2.75) is 6.92 Å². The van der Waals surface area contributed by atoms with E-state index in [0.29, 0.717) is 34.1 Å². The predicted molar refractivity (Wildman–Crippen MR) is 66.0 cm³/mol. The summed E-state index contributed by atoms with van der Waals surface area (Å²) in [5.74, 6) is -0.162. The Balaban J connectivity index is 2.33. The number of ether oxygens (including phenoxy) is 2. The van der Waals surface area contributed by atoms with Gasteiger partial charge in [-0.05, 0) is 13.0 Å². The molecule has 0 unspecified atom stereocenters. The zero-order valence-electron chi connectivity index (χ0n) is 8.79. The molecule has 0 aliphatic heterocycles. The van der Waals surface area contributed by atoms with Crippen LogP contribution in [0.25, 0.3) is 0 Å². The number of thiophene rings is 1. The Morgan fingerprint density at radius 3 is 2.62 bits per heavy atom. The summed E-state index contributed by atoms with van der Waals surface area (Å²) in [6.07, 6.45) is 0. The lowest BCUT2D eigenvalue weighted by atomic mass is 10.2. The van der Waals surface area contributed by atoms with Crippen molar-refractivity contribution < 1.29 is 14.3 Å². The molecule has 0 N–H and O–H groups in total. The standard InChI is InChI=1S/C10H12Cl2O3S/c1-2-14-3-4-15-6-8(13)7-5-9(11)16-10(7)12/h5H,2-4,6H2,1H3. The second-order valence-electron chi connectivity index (χ2n) is 2.91. The van der Waals surface area contributed by atoms with Crippen LogP contribution in [0, 0.1) is 0 Å². The van der Waals surface area contributed by atoms with E-state index in [1.54, 1.807) is 6.07 Å². The lowest BCUT2D eigenvalue weighted by Gasteiger charge is -2.03. The van der Waals surface area contributed by atoms with Crippen LogP contribution in [0.2, 0.25) is 8.67 Å². The summed E-state index contributed by atoms with van der Waals surface area (Å²) >= 11 is 12.7. The van der Waals surface area contributed by atoms with E-state index in [9.17, 15) is 4.79 Å². The lowest BCUT2D eigenvalue weighted by Crippen LogP contribution is -2.12. The fraction of sp³-hybridized carbons (Fsp3) is 0.500. The number of rotatable bonds is 7. The van der Waals surface area contributed by atoms with E-state index in [1.807, 2.05) is 6.92 Å². The molecule has 1 heterocycles. The first-order chi connectivity index (χ1) is 7.65. The highest BCUT2D eigenvalue weighted by molar-refractivity contribution is 7.20. The number of Topliss-reactive ketones (excluding diaryl/α,β-unsaturated/α-hetero) is 1. The van der Waals surface area contributed by atoms with E-state index in [1.165, 1.54) is 11.3 Å². The molecule has 3 nitrogen and oxygen atoms in total. The zero-order chi connectivity index (χ0) is 12.0. The number of carbonyl (C=O) groups is 1. The predicted octanol–water partition coefficient (Wildman–Crippen LogP) is 3.29. The van der Waals surface area contributed by atoms with Crippen LogP contribution in [-0.2, 0) is 9.47 Å². The summed E-state index contributed by atoms with van der Waals surface area (Å²) in [5, 5.41) is 0. The molecule has 0 aliphatic carbocycles. The van der Waals surface area contributed by atoms with Gasteiger partial charge in [0.2, 0.25) is 0 Å². The van der Waals surface area contributed by atoms with Crippen LogP contribution in [0.5, 0.6) is 0 Å². The Labute approximate surface area is 108 Å². The fourth-order valence-electron chi connectivity index (χ4n) is 1.04. The van der Waals surface area contributed by atoms with Crippen LogP contribution in [0.1, 0.15) is 17.3 Å². The lowest BCUT2D eigenvalue weighted by molar-refractivity contribution is 0.0475. The summed E-state index contributed by atoms with van der Waals surface area (Å²) in [5.41, 5.74) is 0.424. The molecular formula is C10H12Cl2O3S. The molecule has 16 heavy (non-hydrogen) atoms. The van der Waals surface area contributed by atoms with Crippen molar-refractivity contribution in [3.63, 3.8) is 0 Å². The molecule has 0 saturated heterocycles. The number of carbonyl (C=O) groups excluding carboxylic acids is 1. The number of hydrogen-bond acceptors (Lipinski definition) is 4. The number of ketones is 1. The first-order valence-corrected chi connectivity index (χ1v) is 6.36. The average Bonchev–Trinajstić information content (AvgIpc) is 2.57.